The highest BCUT2D eigenvalue weighted by atomic mass is 16.5. The molecule has 28 heavy (non-hydrogen) atoms. The normalized spacial score (nSPS) is 35.6. The highest BCUT2D eigenvalue weighted by Crippen LogP contribution is 2.58. The van der Waals surface area contributed by atoms with Crippen molar-refractivity contribution in [3.05, 3.63) is 0 Å². The summed E-state index contributed by atoms with van der Waals surface area (Å²) in [7, 11) is 2.34. The first-order valence-corrected chi connectivity index (χ1v) is 11.6. The molecule has 0 aromatic carbocycles. The summed E-state index contributed by atoms with van der Waals surface area (Å²) in [5.74, 6) is 0. The number of rotatable bonds is 9. The molecule has 0 heterocycles. The molecule has 3 rings (SSSR count). The summed E-state index contributed by atoms with van der Waals surface area (Å²) in [6, 6.07) is 1.52. The predicted octanol–water partition coefficient (Wildman–Crippen LogP) is 5.19. The van der Waals surface area contributed by atoms with Gasteiger partial charge in [-0.1, -0.05) is 0 Å². The van der Waals surface area contributed by atoms with E-state index in [2.05, 4.69) is 53.5 Å². The third kappa shape index (κ3) is 6.17. The maximum absolute atomic E-state index is 6.10. The Labute approximate surface area is 173 Å². The van der Waals surface area contributed by atoms with E-state index in [0.717, 1.165) is 38.1 Å². The third-order valence-corrected chi connectivity index (χ3v) is 6.83. The summed E-state index contributed by atoms with van der Waals surface area (Å²) in [4.78, 5) is 2.65. The van der Waals surface area contributed by atoms with Crippen molar-refractivity contribution in [2.24, 2.45) is 5.41 Å². The lowest BCUT2D eigenvalue weighted by atomic mass is 9.52. The standard InChI is InChI=1S/C24H45NO3/c1-22(2,3)27-11-9-8-10-26-21-16-24(17-21)14-19(15-24)25(7)18-12-20(13-18)28-23(4,5)6/h18-21H,8-17H2,1-7H3. The molecule has 4 heteroatoms. The molecular formula is C24H45NO3. The molecule has 0 bridgehead atoms. The molecule has 3 saturated carbocycles. The van der Waals surface area contributed by atoms with E-state index in [1.165, 1.54) is 38.5 Å². The number of hydrogen-bond acceptors (Lipinski definition) is 4. The lowest BCUT2D eigenvalue weighted by Crippen LogP contribution is -2.61. The van der Waals surface area contributed by atoms with E-state index in [9.17, 15) is 0 Å². The van der Waals surface area contributed by atoms with Crippen molar-refractivity contribution in [3.8, 4) is 0 Å². The van der Waals surface area contributed by atoms with E-state index < -0.39 is 0 Å². The van der Waals surface area contributed by atoms with Crippen molar-refractivity contribution >= 4 is 0 Å². The minimum Gasteiger partial charge on any atom is -0.378 e. The van der Waals surface area contributed by atoms with Gasteiger partial charge in [0, 0.05) is 25.3 Å². The van der Waals surface area contributed by atoms with E-state index >= 15 is 0 Å². The van der Waals surface area contributed by atoms with Crippen molar-refractivity contribution in [3.63, 3.8) is 0 Å². The van der Waals surface area contributed by atoms with Crippen LogP contribution in [-0.4, -0.2) is 60.7 Å². The molecule has 0 saturated heterocycles. The first-order valence-electron chi connectivity index (χ1n) is 11.6. The molecule has 3 aliphatic rings. The van der Waals surface area contributed by atoms with Gasteiger partial charge in [0.05, 0.1) is 23.4 Å². The zero-order valence-corrected chi connectivity index (χ0v) is 19.6. The van der Waals surface area contributed by atoms with Crippen molar-refractivity contribution in [1.29, 1.82) is 0 Å². The van der Waals surface area contributed by atoms with Crippen LogP contribution in [0.25, 0.3) is 0 Å². The monoisotopic (exact) mass is 395 g/mol. The molecule has 0 atom stereocenters. The molecule has 0 aliphatic heterocycles. The van der Waals surface area contributed by atoms with Gasteiger partial charge in [0.1, 0.15) is 0 Å². The smallest absolute Gasteiger partial charge is 0.0612 e. The van der Waals surface area contributed by atoms with Gasteiger partial charge < -0.3 is 19.1 Å². The molecule has 3 aliphatic carbocycles. The van der Waals surface area contributed by atoms with Crippen LogP contribution in [0, 0.1) is 5.41 Å². The number of nitrogens with zero attached hydrogens (tertiary/aromatic N) is 1. The lowest BCUT2D eigenvalue weighted by molar-refractivity contribution is -0.166. The van der Waals surface area contributed by atoms with Gasteiger partial charge in [-0.15, -0.1) is 0 Å². The fraction of sp³-hybridized carbons (Fsp3) is 1.00. The van der Waals surface area contributed by atoms with Gasteiger partial charge in [-0.2, -0.15) is 0 Å². The van der Waals surface area contributed by atoms with Crippen LogP contribution in [0.3, 0.4) is 0 Å². The second kappa shape index (κ2) is 8.53. The van der Waals surface area contributed by atoms with E-state index in [0.29, 0.717) is 17.6 Å². The minimum absolute atomic E-state index is 0.00467. The van der Waals surface area contributed by atoms with Crippen LogP contribution in [0.1, 0.15) is 92.9 Å². The molecule has 0 amide bonds. The number of unbranched alkanes of at least 4 members (excludes halogenated alkanes) is 1. The Morgan fingerprint density at radius 2 is 1.39 bits per heavy atom. The maximum Gasteiger partial charge on any atom is 0.0612 e. The average Bonchev–Trinajstić information content (AvgIpc) is 2.43. The zero-order chi connectivity index (χ0) is 20.6. The van der Waals surface area contributed by atoms with Crippen LogP contribution in [-0.2, 0) is 14.2 Å². The fourth-order valence-corrected chi connectivity index (χ4v) is 5.18. The fourth-order valence-electron chi connectivity index (χ4n) is 5.18. The molecular weight excluding hydrogens is 350 g/mol. The summed E-state index contributed by atoms with van der Waals surface area (Å²) < 4.78 is 18.0. The van der Waals surface area contributed by atoms with Gasteiger partial charge in [-0.3, -0.25) is 0 Å². The maximum atomic E-state index is 6.10. The Balaban J connectivity index is 1.21. The summed E-state index contributed by atoms with van der Waals surface area (Å²) in [5.41, 5.74) is 0.592. The van der Waals surface area contributed by atoms with Crippen LogP contribution < -0.4 is 0 Å². The van der Waals surface area contributed by atoms with Crippen LogP contribution in [0.4, 0.5) is 0 Å². The first-order chi connectivity index (χ1) is 12.9. The Kier molecular flexibility index (Phi) is 6.86. The SMILES string of the molecule is CN(C1CC(OC(C)(C)C)C1)C1CC2(CC(OCCCCOC(C)(C)C)C2)C1. The largest absolute Gasteiger partial charge is 0.378 e. The first kappa shape index (κ1) is 22.5. The molecule has 0 aromatic rings. The van der Waals surface area contributed by atoms with Gasteiger partial charge >= 0.3 is 0 Å². The molecule has 0 aromatic heterocycles. The molecule has 3 fully saturated rings. The molecule has 1 spiro atoms. The van der Waals surface area contributed by atoms with E-state index in [1.54, 1.807) is 0 Å². The van der Waals surface area contributed by atoms with Crippen molar-refractivity contribution in [1.82, 2.24) is 4.90 Å². The Morgan fingerprint density at radius 1 is 0.786 bits per heavy atom. The lowest BCUT2D eigenvalue weighted by Gasteiger charge is -2.61. The minimum atomic E-state index is -0.0187. The second-order valence-corrected chi connectivity index (χ2v) is 11.8. The van der Waals surface area contributed by atoms with Crippen molar-refractivity contribution in [2.45, 2.75) is 128 Å². The predicted molar refractivity (Wildman–Crippen MR) is 115 cm³/mol. The van der Waals surface area contributed by atoms with Crippen LogP contribution in [0.5, 0.6) is 0 Å². The number of ether oxygens (including phenoxy) is 3. The van der Waals surface area contributed by atoms with Crippen molar-refractivity contribution in [2.75, 3.05) is 20.3 Å². The third-order valence-electron chi connectivity index (χ3n) is 6.83. The Hall–Kier alpha value is -0.160. The van der Waals surface area contributed by atoms with Crippen LogP contribution >= 0.6 is 0 Å². The van der Waals surface area contributed by atoms with Crippen LogP contribution in [0.2, 0.25) is 0 Å². The van der Waals surface area contributed by atoms with E-state index in [4.69, 9.17) is 14.2 Å². The molecule has 164 valence electrons. The second-order valence-electron chi connectivity index (χ2n) is 11.8. The topological polar surface area (TPSA) is 30.9 Å². The van der Waals surface area contributed by atoms with Crippen molar-refractivity contribution < 1.29 is 14.2 Å². The van der Waals surface area contributed by atoms with Crippen LogP contribution in [0.15, 0.2) is 0 Å². The Morgan fingerprint density at radius 3 is 1.96 bits per heavy atom. The van der Waals surface area contributed by atoms with Gasteiger partial charge in [0.2, 0.25) is 0 Å². The average molecular weight is 396 g/mol. The zero-order valence-electron chi connectivity index (χ0n) is 19.6. The van der Waals surface area contributed by atoms with Gasteiger partial charge in [-0.05, 0) is 105 Å². The van der Waals surface area contributed by atoms with Gasteiger partial charge in [-0.25, -0.2) is 0 Å². The van der Waals surface area contributed by atoms with E-state index in [1.807, 2.05) is 0 Å². The highest BCUT2D eigenvalue weighted by Gasteiger charge is 2.55. The highest BCUT2D eigenvalue weighted by molar-refractivity contribution is 5.08. The molecule has 0 radical (unpaired) electrons. The molecule has 4 nitrogen and oxygen atoms in total. The molecule has 0 N–H and O–H groups in total. The quantitative estimate of drug-likeness (QED) is 0.503. The summed E-state index contributed by atoms with van der Waals surface area (Å²) in [6.07, 6.45) is 11.0. The summed E-state index contributed by atoms with van der Waals surface area (Å²) in [6.45, 7) is 14.6. The molecule has 0 unspecified atom stereocenters. The van der Waals surface area contributed by atoms with E-state index in [-0.39, 0.29) is 11.2 Å². The van der Waals surface area contributed by atoms with Gasteiger partial charge in [0.15, 0.2) is 0 Å². The number of hydrogen-bond donors (Lipinski definition) is 0. The summed E-state index contributed by atoms with van der Waals surface area (Å²) >= 11 is 0. The Bertz CT molecular complexity index is 487. The van der Waals surface area contributed by atoms with Gasteiger partial charge in [0.25, 0.3) is 0 Å². The summed E-state index contributed by atoms with van der Waals surface area (Å²) in [5, 5.41) is 0.